The standard InChI is InChI=1S/C20H24FNO4/c1-25-17-8-3-2-5-13(17)12-22-16-9-10-18(20(24)19(16)23)26-15-7-4-6-14(21)11-15/h2-8,11,16,18-20,22-24H,9-10,12H2,1H3/t16-,18-,19-,20-/m1/s1. The van der Waals surface area contributed by atoms with Crippen LogP contribution < -0.4 is 14.8 Å². The van der Waals surface area contributed by atoms with Gasteiger partial charge in [-0.15, -0.1) is 0 Å². The van der Waals surface area contributed by atoms with Crippen molar-refractivity contribution in [3.05, 3.63) is 59.9 Å². The quantitative estimate of drug-likeness (QED) is 0.736. The molecule has 0 aliphatic heterocycles. The Morgan fingerprint density at radius 2 is 1.88 bits per heavy atom. The van der Waals surface area contributed by atoms with Gasteiger partial charge in [0.1, 0.15) is 29.5 Å². The van der Waals surface area contributed by atoms with Gasteiger partial charge in [0.15, 0.2) is 0 Å². The Bertz CT molecular complexity index is 726. The van der Waals surface area contributed by atoms with E-state index in [4.69, 9.17) is 9.47 Å². The second-order valence-electron chi connectivity index (χ2n) is 6.47. The Hall–Kier alpha value is -2.15. The monoisotopic (exact) mass is 361 g/mol. The zero-order valence-corrected chi connectivity index (χ0v) is 14.6. The molecule has 0 unspecified atom stereocenters. The van der Waals surface area contributed by atoms with Crippen molar-refractivity contribution in [2.75, 3.05) is 7.11 Å². The van der Waals surface area contributed by atoms with Gasteiger partial charge in [0, 0.05) is 24.2 Å². The van der Waals surface area contributed by atoms with Crippen LogP contribution in [0.1, 0.15) is 18.4 Å². The minimum absolute atomic E-state index is 0.262. The van der Waals surface area contributed by atoms with E-state index in [1.807, 2.05) is 24.3 Å². The van der Waals surface area contributed by atoms with E-state index in [9.17, 15) is 14.6 Å². The molecular weight excluding hydrogens is 337 g/mol. The first-order chi connectivity index (χ1) is 12.6. The third-order valence-electron chi connectivity index (χ3n) is 4.74. The first kappa shape index (κ1) is 18.6. The number of methoxy groups -OCH3 is 1. The summed E-state index contributed by atoms with van der Waals surface area (Å²) in [5.74, 6) is 0.726. The lowest BCUT2D eigenvalue weighted by Crippen LogP contribution is -2.55. The second-order valence-corrected chi connectivity index (χ2v) is 6.47. The summed E-state index contributed by atoms with van der Waals surface area (Å²) >= 11 is 0. The average Bonchev–Trinajstić information content (AvgIpc) is 2.65. The van der Waals surface area contributed by atoms with Crippen LogP contribution in [0.15, 0.2) is 48.5 Å². The van der Waals surface area contributed by atoms with Gasteiger partial charge in [-0.25, -0.2) is 4.39 Å². The predicted molar refractivity (Wildman–Crippen MR) is 95.7 cm³/mol. The van der Waals surface area contributed by atoms with Gasteiger partial charge < -0.3 is 25.0 Å². The average molecular weight is 361 g/mol. The molecule has 2 aromatic carbocycles. The fraction of sp³-hybridized carbons (Fsp3) is 0.400. The lowest BCUT2D eigenvalue weighted by atomic mass is 9.87. The van der Waals surface area contributed by atoms with Crippen LogP contribution in [0.2, 0.25) is 0 Å². The molecule has 1 aliphatic rings. The molecule has 4 atom stereocenters. The van der Waals surface area contributed by atoms with Gasteiger partial charge in [-0.05, 0) is 31.0 Å². The van der Waals surface area contributed by atoms with Crippen LogP contribution in [0.25, 0.3) is 0 Å². The molecule has 0 radical (unpaired) electrons. The van der Waals surface area contributed by atoms with Gasteiger partial charge in [0.25, 0.3) is 0 Å². The molecular formula is C20H24FNO4. The van der Waals surface area contributed by atoms with Crippen molar-refractivity contribution >= 4 is 0 Å². The molecule has 0 amide bonds. The Kier molecular flexibility index (Phi) is 6.08. The number of para-hydroxylation sites is 1. The topological polar surface area (TPSA) is 71.0 Å². The summed E-state index contributed by atoms with van der Waals surface area (Å²) in [6, 6.07) is 13.2. The summed E-state index contributed by atoms with van der Waals surface area (Å²) in [6.45, 7) is 0.522. The summed E-state index contributed by atoms with van der Waals surface area (Å²) in [4.78, 5) is 0. The molecule has 6 heteroatoms. The zero-order valence-electron chi connectivity index (χ0n) is 14.6. The van der Waals surface area contributed by atoms with E-state index in [1.165, 1.54) is 12.1 Å². The Morgan fingerprint density at radius 3 is 2.65 bits per heavy atom. The first-order valence-electron chi connectivity index (χ1n) is 8.72. The summed E-state index contributed by atoms with van der Waals surface area (Å²) in [5.41, 5.74) is 0.981. The fourth-order valence-corrected chi connectivity index (χ4v) is 3.30. The van der Waals surface area contributed by atoms with Crippen molar-refractivity contribution < 1.29 is 24.1 Å². The summed E-state index contributed by atoms with van der Waals surface area (Å²) in [7, 11) is 1.62. The molecule has 0 bridgehead atoms. The van der Waals surface area contributed by atoms with Crippen molar-refractivity contribution in [1.29, 1.82) is 0 Å². The van der Waals surface area contributed by atoms with Crippen LogP contribution in [0, 0.1) is 5.82 Å². The van der Waals surface area contributed by atoms with E-state index in [0.717, 1.165) is 11.3 Å². The minimum atomic E-state index is -1.05. The Labute approximate surface area is 152 Å². The van der Waals surface area contributed by atoms with Crippen LogP contribution >= 0.6 is 0 Å². The highest BCUT2D eigenvalue weighted by atomic mass is 19.1. The molecule has 0 aromatic heterocycles. The van der Waals surface area contributed by atoms with Crippen LogP contribution in [0.5, 0.6) is 11.5 Å². The highest BCUT2D eigenvalue weighted by Crippen LogP contribution is 2.26. The summed E-state index contributed by atoms with van der Waals surface area (Å²) in [5, 5.41) is 24.1. The maximum absolute atomic E-state index is 13.3. The van der Waals surface area contributed by atoms with E-state index >= 15 is 0 Å². The highest BCUT2D eigenvalue weighted by molar-refractivity contribution is 5.33. The molecule has 140 valence electrons. The molecule has 0 spiro atoms. The lowest BCUT2D eigenvalue weighted by Gasteiger charge is -2.38. The van der Waals surface area contributed by atoms with E-state index < -0.39 is 24.1 Å². The second kappa shape index (κ2) is 8.49. The van der Waals surface area contributed by atoms with Crippen molar-refractivity contribution in [2.24, 2.45) is 0 Å². The smallest absolute Gasteiger partial charge is 0.127 e. The van der Waals surface area contributed by atoms with E-state index in [2.05, 4.69) is 5.32 Å². The third kappa shape index (κ3) is 4.33. The number of aliphatic hydroxyl groups is 2. The maximum atomic E-state index is 13.3. The summed E-state index contributed by atoms with van der Waals surface area (Å²) in [6.07, 6.45) is -1.42. The highest BCUT2D eigenvalue weighted by Gasteiger charge is 2.38. The van der Waals surface area contributed by atoms with Crippen molar-refractivity contribution in [3.63, 3.8) is 0 Å². The molecule has 1 fully saturated rings. The molecule has 3 rings (SSSR count). The number of nitrogens with one attached hydrogen (secondary N) is 1. The summed E-state index contributed by atoms with van der Waals surface area (Å²) < 4.78 is 24.3. The third-order valence-corrected chi connectivity index (χ3v) is 4.74. The Morgan fingerprint density at radius 1 is 1.08 bits per heavy atom. The number of rotatable bonds is 6. The molecule has 0 heterocycles. The Balaban J connectivity index is 1.58. The van der Waals surface area contributed by atoms with Crippen molar-refractivity contribution in [3.8, 4) is 11.5 Å². The normalized spacial score (nSPS) is 25.7. The van der Waals surface area contributed by atoms with E-state index in [-0.39, 0.29) is 6.04 Å². The first-order valence-corrected chi connectivity index (χ1v) is 8.72. The molecule has 5 nitrogen and oxygen atoms in total. The van der Waals surface area contributed by atoms with Crippen LogP contribution in [-0.2, 0) is 6.54 Å². The molecule has 1 aliphatic carbocycles. The molecule has 26 heavy (non-hydrogen) atoms. The lowest BCUT2D eigenvalue weighted by molar-refractivity contribution is -0.0893. The number of halogens is 1. The minimum Gasteiger partial charge on any atom is -0.496 e. The van der Waals surface area contributed by atoms with Gasteiger partial charge in [-0.2, -0.15) is 0 Å². The van der Waals surface area contributed by atoms with Gasteiger partial charge >= 0.3 is 0 Å². The van der Waals surface area contributed by atoms with Crippen LogP contribution in [-0.4, -0.2) is 41.7 Å². The van der Waals surface area contributed by atoms with Gasteiger partial charge in [0.2, 0.25) is 0 Å². The van der Waals surface area contributed by atoms with Gasteiger partial charge in [-0.3, -0.25) is 0 Å². The zero-order chi connectivity index (χ0) is 18.5. The SMILES string of the molecule is COc1ccccc1CN[C@@H]1CC[C@@H](Oc2cccc(F)c2)[C@@H](O)[C@@H]1O. The number of hydrogen-bond donors (Lipinski definition) is 3. The number of hydrogen-bond acceptors (Lipinski definition) is 5. The molecule has 0 saturated heterocycles. The number of aliphatic hydroxyl groups excluding tert-OH is 2. The fourth-order valence-electron chi connectivity index (χ4n) is 3.30. The van der Waals surface area contributed by atoms with Gasteiger partial charge in [-0.1, -0.05) is 24.3 Å². The molecule has 2 aromatic rings. The van der Waals surface area contributed by atoms with Crippen LogP contribution in [0.3, 0.4) is 0 Å². The van der Waals surface area contributed by atoms with Gasteiger partial charge in [0.05, 0.1) is 13.2 Å². The van der Waals surface area contributed by atoms with E-state index in [1.54, 1.807) is 19.2 Å². The maximum Gasteiger partial charge on any atom is 0.127 e. The number of ether oxygens (including phenoxy) is 2. The van der Waals surface area contributed by atoms with Crippen molar-refractivity contribution in [1.82, 2.24) is 5.32 Å². The largest absolute Gasteiger partial charge is 0.496 e. The van der Waals surface area contributed by atoms with Crippen molar-refractivity contribution in [2.45, 2.75) is 43.7 Å². The number of benzene rings is 2. The molecule has 3 N–H and O–H groups in total. The van der Waals surface area contributed by atoms with E-state index in [0.29, 0.717) is 25.1 Å². The molecule has 1 saturated carbocycles. The predicted octanol–water partition coefficient (Wildman–Crippen LogP) is 2.26. The van der Waals surface area contributed by atoms with Crippen LogP contribution in [0.4, 0.5) is 4.39 Å².